The second-order valence-corrected chi connectivity index (χ2v) is 8.16. The topological polar surface area (TPSA) is 108 Å². The number of nitriles is 1. The van der Waals surface area contributed by atoms with Crippen molar-refractivity contribution < 1.29 is 19.1 Å². The number of unbranched alkanes of at least 4 members (excludes halogenated alkanes) is 1. The third-order valence-corrected chi connectivity index (χ3v) is 4.87. The van der Waals surface area contributed by atoms with Crippen molar-refractivity contribution in [3.63, 3.8) is 0 Å². The average Bonchev–Trinajstić information content (AvgIpc) is 3.21. The lowest BCUT2D eigenvalue weighted by Crippen LogP contribution is -2.50. The second kappa shape index (κ2) is 12.0. The number of carbonyl (C=O) groups excluding carboxylic acids is 1. The van der Waals surface area contributed by atoms with Gasteiger partial charge in [0.25, 0.3) is 0 Å². The number of furan rings is 1. The van der Waals surface area contributed by atoms with Crippen LogP contribution in [0, 0.1) is 16.7 Å². The molecule has 1 amide bonds. The molecule has 2 atom stereocenters. The Morgan fingerprint density at radius 3 is 2.73 bits per heavy atom. The fourth-order valence-electron chi connectivity index (χ4n) is 3.18. The monoisotopic (exact) mass is 413 g/mol. The predicted molar refractivity (Wildman–Crippen MR) is 114 cm³/mol. The summed E-state index contributed by atoms with van der Waals surface area (Å²) in [6, 6.07) is 12.9. The number of hydrogen-bond acceptors (Lipinski definition) is 6. The number of aliphatic hydroxyl groups excluding tert-OH is 1. The molecule has 162 valence electrons. The molecule has 0 aliphatic rings. The summed E-state index contributed by atoms with van der Waals surface area (Å²) in [5.74, 6) is 0.303. The summed E-state index contributed by atoms with van der Waals surface area (Å²) in [6.45, 7) is 5.29. The summed E-state index contributed by atoms with van der Waals surface area (Å²) in [5, 5.41) is 25.5. The van der Waals surface area contributed by atoms with Crippen molar-refractivity contribution >= 4 is 6.09 Å². The summed E-state index contributed by atoms with van der Waals surface area (Å²) < 4.78 is 10.1. The molecule has 1 aromatic heterocycles. The van der Waals surface area contributed by atoms with Crippen molar-refractivity contribution in [2.75, 3.05) is 13.1 Å². The molecule has 0 fully saturated rings. The normalized spacial score (nSPS) is 13.3. The van der Waals surface area contributed by atoms with E-state index in [1.54, 1.807) is 0 Å². The van der Waals surface area contributed by atoms with Gasteiger partial charge in [-0.25, -0.2) is 4.79 Å². The van der Waals surface area contributed by atoms with E-state index in [2.05, 4.69) is 30.6 Å². The number of nitrogens with one attached hydrogen (secondary N) is 2. The number of carbonyl (C=O) groups is 1. The lowest BCUT2D eigenvalue weighted by atomic mass is 9.87. The van der Waals surface area contributed by atoms with Crippen LogP contribution in [0.15, 0.2) is 53.3 Å². The van der Waals surface area contributed by atoms with Crippen LogP contribution in [0.2, 0.25) is 0 Å². The van der Waals surface area contributed by atoms with E-state index in [1.165, 1.54) is 18.6 Å². The number of benzene rings is 1. The van der Waals surface area contributed by atoms with Gasteiger partial charge in [0.05, 0.1) is 24.5 Å². The van der Waals surface area contributed by atoms with Crippen LogP contribution in [0.4, 0.5) is 4.79 Å². The van der Waals surface area contributed by atoms with Crippen molar-refractivity contribution in [3.05, 3.63) is 54.5 Å². The molecule has 0 unspecified atom stereocenters. The minimum absolute atomic E-state index is 0.0130. The number of amides is 1. The SMILES string of the molecule is CC(C)(CCCC#N)CNC[C@H](O)[C@H](Cc1ccccc1)NC(=O)Oc1ccoc1. The van der Waals surface area contributed by atoms with Gasteiger partial charge in [0.15, 0.2) is 5.75 Å². The van der Waals surface area contributed by atoms with Gasteiger partial charge in [0.1, 0.15) is 6.26 Å². The predicted octanol–water partition coefficient (Wildman–Crippen LogP) is 3.65. The zero-order valence-electron chi connectivity index (χ0n) is 17.6. The molecule has 0 saturated heterocycles. The van der Waals surface area contributed by atoms with E-state index in [0.29, 0.717) is 31.7 Å². The maximum Gasteiger partial charge on any atom is 0.413 e. The van der Waals surface area contributed by atoms with Crippen LogP contribution in [0.1, 0.15) is 38.7 Å². The highest BCUT2D eigenvalue weighted by Crippen LogP contribution is 2.22. The Morgan fingerprint density at radius 1 is 1.30 bits per heavy atom. The van der Waals surface area contributed by atoms with Crippen LogP contribution in [0.25, 0.3) is 0 Å². The molecule has 7 nitrogen and oxygen atoms in total. The Labute approximate surface area is 178 Å². The molecule has 30 heavy (non-hydrogen) atoms. The molecular formula is C23H31N3O4. The molecule has 2 rings (SSSR count). The average molecular weight is 414 g/mol. The standard InChI is InChI=1S/C23H31N3O4/c1-23(2,11-6-7-12-24)17-25-15-21(27)20(14-18-8-4-3-5-9-18)26-22(28)30-19-10-13-29-16-19/h3-5,8-10,13,16,20-21,25,27H,6-7,11,14-15,17H2,1-2H3,(H,26,28)/t20-,21-/m0/s1. The summed E-state index contributed by atoms with van der Waals surface area (Å²) in [4.78, 5) is 12.3. The molecular weight excluding hydrogens is 382 g/mol. The summed E-state index contributed by atoms with van der Waals surface area (Å²) in [5.41, 5.74) is 1.01. The fraction of sp³-hybridized carbons (Fsp3) is 0.478. The van der Waals surface area contributed by atoms with E-state index in [9.17, 15) is 9.90 Å². The Morgan fingerprint density at radius 2 is 2.07 bits per heavy atom. The van der Waals surface area contributed by atoms with Crippen LogP contribution in [-0.4, -0.2) is 36.4 Å². The van der Waals surface area contributed by atoms with Gasteiger partial charge >= 0.3 is 6.09 Å². The molecule has 0 spiro atoms. The first-order valence-electron chi connectivity index (χ1n) is 10.2. The van der Waals surface area contributed by atoms with Crippen LogP contribution in [0.5, 0.6) is 5.75 Å². The van der Waals surface area contributed by atoms with E-state index < -0.39 is 18.2 Å². The number of rotatable bonds is 12. The second-order valence-electron chi connectivity index (χ2n) is 8.16. The van der Waals surface area contributed by atoms with Gasteiger partial charge in [-0.05, 0) is 30.2 Å². The lowest BCUT2D eigenvalue weighted by molar-refractivity contribution is 0.116. The van der Waals surface area contributed by atoms with E-state index in [0.717, 1.165) is 18.4 Å². The third kappa shape index (κ3) is 8.68. The summed E-state index contributed by atoms with van der Waals surface area (Å²) in [7, 11) is 0. The van der Waals surface area contributed by atoms with E-state index in [1.807, 2.05) is 30.3 Å². The molecule has 3 N–H and O–H groups in total. The highest BCUT2D eigenvalue weighted by atomic mass is 16.6. The number of ether oxygens (including phenoxy) is 1. The quantitative estimate of drug-likeness (QED) is 0.459. The van der Waals surface area contributed by atoms with E-state index >= 15 is 0 Å². The molecule has 1 aromatic carbocycles. The van der Waals surface area contributed by atoms with E-state index in [4.69, 9.17) is 14.4 Å². The molecule has 1 heterocycles. The van der Waals surface area contributed by atoms with Gasteiger partial charge in [-0.2, -0.15) is 5.26 Å². The Kier molecular flexibility index (Phi) is 9.39. The van der Waals surface area contributed by atoms with Crippen molar-refractivity contribution in [3.8, 4) is 11.8 Å². The van der Waals surface area contributed by atoms with Gasteiger partial charge in [-0.1, -0.05) is 44.2 Å². The molecule has 0 bridgehead atoms. The van der Waals surface area contributed by atoms with Gasteiger partial charge in [0.2, 0.25) is 0 Å². The zero-order valence-corrected chi connectivity index (χ0v) is 17.6. The first kappa shape index (κ1) is 23.5. The number of nitrogens with zero attached hydrogens (tertiary/aromatic N) is 1. The minimum Gasteiger partial charge on any atom is -0.469 e. The molecule has 7 heteroatoms. The Balaban J connectivity index is 1.91. The van der Waals surface area contributed by atoms with E-state index in [-0.39, 0.29) is 5.41 Å². The first-order chi connectivity index (χ1) is 14.4. The Bertz CT molecular complexity index is 785. The first-order valence-corrected chi connectivity index (χ1v) is 10.2. The number of hydrogen-bond donors (Lipinski definition) is 3. The van der Waals surface area contributed by atoms with Crippen LogP contribution in [-0.2, 0) is 6.42 Å². The third-order valence-electron chi connectivity index (χ3n) is 4.87. The highest BCUT2D eigenvalue weighted by molar-refractivity contribution is 5.70. The number of aliphatic hydroxyl groups is 1. The van der Waals surface area contributed by atoms with Gasteiger partial charge < -0.3 is 24.9 Å². The summed E-state index contributed by atoms with van der Waals surface area (Å²) in [6.07, 6.45) is 4.09. The van der Waals surface area contributed by atoms with Crippen molar-refractivity contribution in [2.24, 2.45) is 5.41 Å². The zero-order chi connectivity index (χ0) is 21.8. The van der Waals surface area contributed by atoms with Crippen LogP contribution in [0.3, 0.4) is 0 Å². The molecule has 0 aliphatic carbocycles. The van der Waals surface area contributed by atoms with Crippen LogP contribution >= 0.6 is 0 Å². The molecule has 0 saturated carbocycles. The van der Waals surface area contributed by atoms with Crippen LogP contribution < -0.4 is 15.4 Å². The molecule has 0 aliphatic heterocycles. The minimum atomic E-state index is -0.808. The van der Waals surface area contributed by atoms with Crippen molar-refractivity contribution in [2.45, 2.75) is 51.7 Å². The van der Waals surface area contributed by atoms with Gasteiger partial charge in [-0.3, -0.25) is 0 Å². The highest BCUT2D eigenvalue weighted by Gasteiger charge is 2.24. The Hall–Kier alpha value is -2.82. The maximum atomic E-state index is 12.3. The lowest BCUT2D eigenvalue weighted by Gasteiger charge is -2.28. The smallest absolute Gasteiger partial charge is 0.413 e. The largest absolute Gasteiger partial charge is 0.469 e. The summed E-state index contributed by atoms with van der Waals surface area (Å²) >= 11 is 0. The van der Waals surface area contributed by atoms with Gasteiger partial charge in [-0.15, -0.1) is 0 Å². The van der Waals surface area contributed by atoms with Gasteiger partial charge in [0, 0.05) is 25.6 Å². The maximum absolute atomic E-state index is 12.3. The van der Waals surface area contributed by atoms with Crippen molar-refractivity contribution in [1.29, 1.82) is 5.26 Å². The molecule has 0 radical (unpaired) electrons. The molecule has 2 aromatic rings. The fourth-order valence-corrected chi connectivity index (χ4v) is 3.18. The van der Waals surface area contributed by atoms with Crippen molar-refractivity contribution in [1.82, 2.24) is 10.6 Å².